The predicted molar refractivity (Wildman–Crippen MR) is 76.1 cm³/mol. The highest BCUT2D eigenvalue weighted by Gasteiger charge is 2.14. The SMILES string of the molecule is O=C(CN1CCNCC1)Nc1cc(Cl)c(O)c(Cl)c1. The Morgan fingerprint density at radius 1 is 1.32 bits per heavy atom. The number of halogens is 2. The highest BCUT2D eigenvalue weighted by molar-refractivity contribution is 6.37. The Morgan fingerprint density at radius 2 is 1.89 bits per heavy atom. The van der Waals surface area contributed by atoms with Gasteiger partial charge < -0.3 is 15.7 Å². The minimum Gasteiger partial charge on any atom is -0.505 e. The molecule has 0 spiro atoms. The second-order valence-electron chi connectivity index (χ2n) is 4.36. The zero-order valence-corrected chi connectivity index (χ0v) is 11.8. The van der Waals surface area contributed by atoms with E-state index in [4.69, 9.17) is 23.2 Å². The van der Waals surface area contributed by atoms with Crippen molar-refractivity contribution >= 4 is 34.8 Å². The summed E-state index contributed by atoms with van der Waals surface area (Å²) in [6.07, 6.45) is 0. The maximum Gasteiger partial charge on any atom is 0.238 e. The average molecular weight is 304 g/mol. The van der Waals surface area contributed by atoms with Crippen LogP contribution in [0.3, 0.4) is 0 Å². The van der Waals surface area contributed by atoms with E-state index < -0.39 is 0 Å². The molecular weight excluding hydrogens is 289 g/mol. The summed E-state index contributed by atoms with van der Waals surface area (Å²) in [6.45, 7) is 3.82. The van der Waals surface area contributed by atoms with Crippen LogP contribution in [0, 0.1) is 0 Å². The predicted octanol–water partition coefficient (Wildman–Crippen LogP) is 1.54. The summed E-state index contributed by atoms with van der Waals surface area (Å²) < 4.78 is 0. The van der Waals surface area contributed by atoms with E-state index in [0.29, 0.717) is 12.2 Å². The van der Waals surface area contributed by atoms with Crippen LogP contribution in [-0.4, -0.2) is 48.6 Å². The van der Waals surface area contributed by atoms with Crippen LogP contribution in [0.4, 0.5) is 5.69 Å². The summed E-state index contributed by atoms with van der Waals surface area (Å²) in [5.41, 5.74) is 0.480. The van der Waals surface area contributed by atoms with Gasteiger partial charge in [-0.25, -0.2) is 0 Å². The molecule has 0 radical (unpaired) electrons. The summed E-state index contributed by atoms with van der Waals surface area (Å²) in [6, 6.07) is 2.94. The normalized spacial score (nSPS) is 16.3. The van der Waals surface area contributed by atoms with Gasteiger partial charge in [0.25, 0.3) is 0 Å². The number of aromatic hydroxyl groups is 1. The van der Waals surface area contributed by atoms with Gasteiger partial charge in [-0.2, -0.15) is 0 Å². The van der Waals surface area contributed by atoms with Crippen LogP contribution in [0.1, 0.15) is 0 Å². The Kier molecular flexibility index (Phi) is 4.87. The Balaban J connectivity index is 1.94. The smallest absolute Gasteiger partial charge is 0.238 e. The monoisotopic (exact) mass is 303 g/mol. The van der Waals surface area contributed by atoms with Gasteiger partial charge in [-0.05, 0) is 12.1 Å². The quantitative estimate of drug-likeness (QED) is 0.741. The van der Waals surface area contributed by atoms with E-state index in [1.807, 2.05) is 0 Å². The number of anilines is 1. The summed E-state index contributed by atoms with van der Waals surface area (Å²) in [5, 5.41) is 15.6. The molecule has 0 aromatic heterocycles. The van der Waals surface area contributed by atoms with Gasteiger partial charge in [0.15, 0.2) is 5.75 Å². The highest BCUT2D eigenvalue weighted by Crippen LogP contribution is 2.34. The minimum atomic E-state index is -0.177. The van der Waals surface area contributed by atoms with Gasteiger partial charge in [-0.15, -0.1) is 0 Å². The van der Waals surface area contributed by atoms with Gasteiger partial charge in [-0.1, -0.05) is 23.2 Å². The minimum absolute atomic E-state index is 0.116. The van der Waals surface area contributed by atoms with E-state index in [1.165, 1.54) is 12.1 Å². The summed E-state index contributed by atoms with van der Waals surface area (Å²) in [5.74, 6) is -0.303. The molecule has 5 nitrogen and oxygen atoms in total. The molecule has 0 unspecified atom stereocenters. The number of rotatable bonds is 3. The largest absolute Gasteiger partial charge is 0.505 e. The first-order valence-corrected chi connectivity index (χ1v) is 6.73. The van der Waals surface area contributed by atoms with E-state index in [9.17, 15) is 9.90 Å². The maximum atomic E-state index is 11.9. The van der Waals surface area contributed by atoms with E-state index in [0.717, 1.165) is 26.2 Å². The number of hydrogen-bond acceptors (Lipinski definition) is 4. The molecule has 0 saturated carbocycles. The number of phenols is 1. The summed E-state index contributed by atoms with van der Waals surface area (Å²) >= 11 is 11.6. The van der Waals surface area contributed by atoms with Crippen molar-refractivity contribution < 1.29 is 9.90 Å². The molecule has 0 atom stereocenters. The fourth-order valence-corrected chi connectivity index (χ4v) is 2.40. The standard InChI is InChI=1S/C12H15Cl2N3O2/c13-9-5-8(6-10(14)12(9)19)16-11(18)7-17-3-1-15-2-4-17/h5-6,15,19H,1-4,7H2,(H,16,18). The zero-order valence-electron chi connectivity index (χ0n) is 10.2. The Hall–Kier alpha value is -1.01. The van der Waals surface area contributed by atoms with Crippen molar-refractivity contribution in [3.05, 3.63) is 22.2 Å². The Labute approximate surface area is 121 Å². The molecule has 1 heterocycles. The van der Waals surface area contributed by atoms with Crippen molar-refractivity contribution in [1.82, 2.24) is 10.2 Å². The van der Waals surface area contributed by atoms with Crippen molar-refractivity contribution in [2.75, 3.05) is 38.0 Å². The van der Waals surface area contributed by atoms with Gasteiger partial charge in [-0.3, -0.25) is 9.69 Å². The van der Waals surface area contributed by atoms with Crippen LogP contribution < -0.4 is 10.6 Å². The molecule has 2 rings (SSSR count). The molecule has 104 valence electrons. The molecule has 1 fully saturated rings. The van der Waals surface area contributed by atoms with Crippen LogP contribution >= 0.6 is 23.2 Å². The number of benzene rings is 1. The second kappa shape index (κ2) is 6.43. The van der Waals surface area contributed by atoms with Crippen LogP contribution in [-0.2, 0) is 4.79 Å². The van der Waals surface area contributed by atoms with E-state index in [1.54, 1.807) is 0 Å². The Bertz CT molecular complexity index is 453. The first kappa shape index (κ1) is 14.4. The summed E-state index contributed by atoms with van der Waals surface area (Å²) in [4.78, 5) is 13.9. The maximum absolute atomic E-state index is 11.9. The number of phenolic OH excluding ortho intramolecular Hbond substituents is 1. The van der Waals surface area contributed by atoms with Gasteiger partial charge in [0.1, 0.15) is 0 Å². The molecule has 7 heteroatoms. The lowest BCUT2D eigenvalue weighted by Crippen LogP contribution is -2.46. The molecule has 19 heavy (non-hydrogen) atoms. The van der Waals surface area contributed by atoms with Crippen molar-refractivity contribution in [3.63, 3.8) is 0 Å². The molecule has 0 aliphatic carbocycles. The molecule has 1 aliphatic heterocycles. The van der Waals surface area contributed by atoms with E-state index in [-0.39, 0.29) is 21.7 Å². The molecule has 3 N–H and O–H groups in total. The highest BCUT2D eigenvalue weighted by atomic mass is 35.5. The third-order valence-corrected chi connectivity index (χ3v) is 3.45. The van der Waals surface area contributed by atoms with Gasteiger partial charge in [0.2, 0.25) is 5.91 Å². The lowest BCUT2D eigenvalue weighted by molar-refractivity contribution is -0.117. The van der Waals surface area contributed by atoms with Crippen molar-refractivity contribution in [2.24, 2.45) is 0 Å². The van der Waals surface area contributed by atoms with Crippen LogP contribution in [0.25, 0.3) is 0 Å². The summed E-state index contributed by atoms with van der Waals surface area (Å²) in [7, 11) is 0. The molecule has 1 amide bonds. The van der Waals surface area contributed by atoms with E-state index in [2.05, 4.69) is 15.5 Å². The van der Waals surface area contributed by atoms with Crippen LogP contribution in [0.2, 0.25) is 10.0 Å². The Morgan fingerprint density at radius 3 is 2.47 bits per heavy atom. The lowest BCUT2D eigenvalue weighted by Gasteiger charge is -2.26. The van der Waals surface area contributed by atoms with Crippen molar-refractivity contribution in [3.8, 4) is 5.75 Å². The lowest BCUT2D eigenvalue weighted by atomic mass is 10.3. The van der Waals surface area contributed by atoms with Gasteiger partial charge >= 0.3 is 0 Å². The van der Waals surface area contributed by atoms with Gasteiger partial charge in [0, 0.05) is 31.9 Å². The van der Waals surface area contributed by atoms with Crippen LogP contribution in [0.15, 0.2) is 12.1 Å². The number of carbonyl (C=O) groups excluding carboxylic acids is 1. The zero-order chi connectivity index (χ0) is 13.8. The molecular formula is C12H15Cl2N3O2. The molecule has 1 aliphatic rings. The van der Waals surface area contributed by atoms with Crippen LogP contribution in [0.5, 0.6) is 5.75 Å². The fraction of sp³-hybridized carbons (Fsp3) is 0.417. The third kappa shape index (κ3) is 3.98. The third-order valence-electron chi connectivity index (χ3n) is 2.88. The molecule has 1 saturated heterocycles. The molecule has 1 aromatic carbocycles. The number of amides is 1. The topological polar surface area (TPSA) is 64.6 Å². The number of piperazine rings is 1. The first-order valence-electron chi connectivity index (χ1n) is 5.97. The van der Waals surface area contributed by atoms with Crippen molar-refractivity contribution in [1.29, 1.82) is 0 Å². The van der Waals surface area contributed by atoms with Gasteiger partial charge in [0.05, 0.1) is 16.6 Å². The first-order chi connectivity index (χ1) is 9.06. The number of carbonyl (C=O) groups is 1. The number of nitrogens with zero attached hydrogens (tertiary/aromatic N) is 1. The fourth-order valence-electron chi connectivity index (χ4n) is 1.91. The second-order valence-corrected chi connectivity index (χ2v) is 5.18. The molecule has 0 bridgehead atoms. The van der Waals surface area contributed by atoms with E-state index >= 15 is 0 Å². The average Bonchev–Trinajstić information content (AvgIpc) is 2.37. The molecule has 1 aromatic rings. The number of hydrogen-bond donors (Lipinski definition) is 3. The number of nitrogens with one attached hydrogen (secondary N) is 2. The van der Waals surface area contributed by atoms with Crippen molar-refractivity contribution in [2.45, 2.75) is 0 Å².